The highest BCUT2D eigenvalue weighted by atomic mass is 19.1. The van der Waals surface area contributed by atoms with Gasteiger partial charge in [-0.2, -0.15) is 5.10 Å². The average molecular weight is 504 g/mol. The topological polar surface area (TPSA) is 132 Å². The Morgan fingerprint density at radius 2 is 1.97 bits per heavy atom. The van der Waals surface area contributed by atoms with Crippen LogP contribution in [-0.2, 0) is 22.9 Å². The number of benzene rings is 2. The molecular formula is C27H26FN5O4. The van der Waals surface area contributed by atoms with Crippen LogP contribution in [0.4, 0.5) is 4.39 Å². The van der Waals surface area contributed by atoms with Gasteiger partial charge in [0.05, 0.1) is 24.0 Å². The molecule has 0 saturated carbocycles. The molecule has 3 heterocycles. The molecule has 190 valence electrons. The number of hydrogen-bond acceptors (Lipinski definition) is 6. The van der Waals surface area contributed by atoms with Crippen LogP contribution in [0.5, 0.6) is 5.75 Å². The number of primary amides is 1. The predicted molar refractivity (Wildman–Crippen MR) is 134 cm³/mol. The molecule has 5 rings (SSSR count). The van der Waals surface area contributed by atoms with E-state index in [0.717, 1.165) is 10.9 Å². The molecule has 1 aliphatic heterocycles. The van der Waals surface area contributed by atoms with Crippen LogP contribution in [0.2, 0.25) is 0 Å². The molecule has 37 heavy (non-hydrogen) atoms. The Hall–Kier alpha value is -4.31. The average Bonchev–Trinajstić information content (AvgIpc) is 3.43. The fraction of sp³-hybridized carbons (Fsp3) is 0.259. The molecular weight excluding hydrogens is 477 g/mol. The summed E-state index contributed by atoms with van der Waals surface area (Å²) in [6.07, 6.45) is 1.71. The molecule has 0 bridgehead atoms. The standard InChI is InChI=1S/C27H26FN5O4/c1-26(25(29)35)14-37-23-19(26)11-21(32-22(23)15-6-8-18(28)9-7-15)27(2,36)13-30-24(34)16-4-5-17-12-31-33(3)20(17)10-16/h4-12,36H,13-14H2,1-3H3,(H2,29,35)(H,30,34)/t26-,27-/m0/s1. The first-order chi connectivity index (χ1) is 17.5. The Kier molecular flexibility index (Phi) is 5.71. The first-order valence-electron chi connectivity index (χ1n) is 11.7. The summed E-state index contributed by atoms with van der Waals surface area (Å²) in [6, 6.07) is 12.4. The maximum atomic E-state index is 13.6. The Morgan fingerprint density at radius 1 is 1.24 bits per heavy atom. The van der Waals surface area contributed by atoms with Gasteiger partial charge in [-0.1, -0.05) is 6.07 Å². The van der Waals surface area contributed by atoms with Crippen LogP contribution >= 0.6 is 0 Å². The Labute approximate surface area is 212 Å². The molecule has 0 spiro atoms. The van der Waals surface area contributed by atoms with Gasteiger partial charge in [-0.25, -0.2) is 9.37 Å². The van der Waals surface area contributed by atoms with Crippen molar-refractivity contribution in [1.29, 1.82) is 0 Å². The molecule has 2 aromatic carbocycles. The van der Waals surface area contributed by atoms with Gasteiger partial charge in [0, 0.05) is 29.1 Å². The van der Waals surface area contributed by atoms with E-state index >= 15 is 0 Å². The third-order valence-electron chi connectivity index (χ3n) is 6.89. The molecule has 10 heteroatoms. The summed E-state index contributed by atoms with van der Waals surface area (Å²) in [4.78, 5) is 29.9. The number of hydrogen-bond donors (Lipinski definition) is 3. The molecule has 4 aromatic rings. The van der Waals surface area contributed by atoms with Gasteiger partial charge in [-0.05, 0) is 56.3 Å². The van der Waals surface area contributed by atoms with Gasteiger partial charge in [0.25, 0.3) is 5.91 Å². The number of nitrogens with two attached hydrogens (primary N) is 1. The van der Waals surface area contributed by atoms with Crippen molar-refractivity contribution in [2.45, 2.75) is 24.9 Å². The van der Waals surface area contributed by atoms with Crippen LogP contribution < -0.4 is 15.8 Å². The van der Waals surface area contributed by atoms with Crippen LogP contribution in [0.25, 0.3) is 22.2 Å². The monoisotopic (exact) mass is 503 g/mol. The lowest BCUT2D eigenvalue weighted by atomic mass is 9.82. The van der Waals surface area contributed by atoms with E-state index in [0.29, 0.717) is 28.1 Å². The summed E-state index contributed by atoms with van der Waals surface area (Å²) in [5.41, 5.74) is 5.69. The molecule has 4 N–H and O–H groups in total. The summed E-state index contributed by atoms with van der Waals surface area (Å²) < 4.78 is 21.1. The zero-order valence-corrected chi connectivity index (χ0v) is 20.6. The third kappa shape index (κ3) is 4.19. The molecule has 0 radical (unpaired) electrons. The molecule has 9 nitrogen and oxygen atoms in total. The van der Waals surface area contributed by atoms with Crippen molar-refractivity contribution >= 4 is 22.7 Å². The van der Waals surface area contributed by atoms with E-state index < -0.39 is 22.7 Å². The van der Waals surface area contributed by atoms with Crippen molar-refractivity contribution in [3.8, 4) is 17.0 Å². The van der Waals surface area contributed by atoms with E-state index in [4.69, 9.17) is 10.5 Å². The maximum Gasteiger partial charge on any atom is 0.251 e. The quantitative estimate of drug-likeness (QED) is 0.371. The number of carbonyl (C=O) groups is 2. The first kappa shape index (κ1) is 24.4. The number of nitrogens with one attached hydrogen (secondary N) is 1. The second-order valence-corrected chi connectivity index (χ2v) is 9.72. The van der Waals surface area contributed by atoms with E-state index in [-0.39, 0.29) is 24.8 Å². The van der Waals surface area contributed by atoms with Gasteiger partial charge in [0.1, 0.15) is 34.9 Å². The van der Waals surface area contributed by atoms with Crippen LogP contribution in [0.1, 0.15) is 35.5 Å². The second kappa shape index (κ2) is 8.67. The number of carbonyl (C=O) groups excluding carboxylic acids is 2. The number of halogens is 1. The summed E-state index contributed by atoms with van der Waals surface area (Å²) in [5.74, 6) is -1.04. The molecule has 1 aliphatic rings. The van der Waals surface area contributed by atoms with Gasteiger partial charge >= 0.3 is 0 Å². The summed E-state index contributed by atoms with van der Waals surface area (Å²) in [5, 5.41) is 19.3. The van der Waals surface area contributed by atoms with Gasteiger partial charge in [-0.15, -0.1) is 0 Å². The number of pyridine rings is 1. The fourth-order valence-electron chi connectivity index (χ4n) is 4.40. The smallest absolute Gasteiger partial charge is 0.251 e. The number of aryl methyl sites for hydroxylation is 1. The van der Waals surface area contributed by atoms with E-state index in [1.54, 1.807) is 49.1 Å². The number of fused-ring (bicyclic) bond motifs is 2. The number of amides is 2. The van der Waals surface area contributed by atoms with Gasteiger partial charge in [-0.3, -0.25) is 14.3 Å². The van der Waals surface area contributed by atoms with E-state index in [9.17, 15) is 19.1 Å². The zero-order chi connectivity index (χ0) is 26.5. The van der Waals surface area contributed by atoms with Crippen molar-refractivity contribution < 1.29 is 23.8 Å². The van der Waals surface area contributed by atoms with Crippen LogP contribution in [0.15, 0.2) is 54.7 Å². The van der Waals surface area contributed by atoms with Crippen LogP contribution in [0, 0.1) is 5.82 Å². The Morgan fingerprint density at radius 3 is 2.68 bits per heavy atom. The lowest BCUT2D eigenvalue weighted by Crippen LogP contribution is -2.41. The zero-order valence-electron chi connectivity index (χ0n) is 20.6. The molecule has 0 aliphatic carbocycles. The molecule has 2 atom stereocenters. The highest BCUT2D eigenvalue weighted by Gasteiger charge is 2.45. The molecule has 0 fully saturated rings. The van der Waals surface area contributed by atoms with Gasteiger partial charge < -0.3 is 20.9 Å². The molecule has 0 saturated heterocycles. The first-order valence-corrected chi connectivity index (χ1v) is 11.7. The lowest BCUT2D eigenvalue weighted by Gasteiger charge is -2.26. The normalized spacial score (nSPS) is 18.2. The number of aromatic nitrogens is 3. The van der Waals surface area contributed by atoms with Crippen molar-refractivity contribution in [2.75, 3.05) is 13.2 Å². The number of aliphatic hydroxyl groups is 1. The highest BCUT2D eigenvalue weighted by molar-refractivity contribution is 5.98. The highest BCUT2D eigenvalue weighted by Crippen LogP contribution is 2.45. The minimum absolute atomic E-state index is 0.00631. The molecule has 2 aromatic heterocycles. The van der Waals surface area contributed by atoms with E-state index in [1.165, 1.54) is 31.2 Å². The van der Waals surface area contributed by atoms with Crippen molar-refractivity contribution in [3.63, 3.8) is 0 Å². The third-order valence-corrected chi connectivity index (χ3v) is 6.89. The Bertz CT molecular complexity index is 1550. The van der Waals surface area contributed by atoms with E-state index in [2.05, 4.69) is 15.4 Å². The minimum Gasteiger partial charge on any atom is -0.489 e. The van der Waals surface area contributed by atoms with Crippen molar-refractivity contribution in [1.82, 2.24) is 20.1 Å². The van der Waals surface area contributed by atoms with Crippen LogP contribution in [-0.4, -0.2) is 44.8 Å². The summed E-state index contributed by atoms with van der Waals surface area (Å²) in [6.45, 7) is 3.01. The second-order valence-electron chi connectivity index (χ2n) is 9.72. The predicted octanol–water partition coefficient (Wildman–Crippen LogP) is 2.55. The summed E-state index contributed by atoms with van der Waals surface area (Å²) in [7, 11) is 1.79. The molecule has 0 unspecified atom stereocenters. The SMILES string of the molecule is Cn1ncc2ccc(C(=O)NC[C@](C)(O)c3cc4c(c(-c5ccc(F)cc5)n3)OC[C@]4(C)C(N)=O)cc21. The van der Waals surface area contributed by atoms with Gasteiger partial charge in [0.15, 0.2) is 0 Å². The van der Waals surface area contributed by atoms with E-state index in [1.807, 2.05) is 0 Å². The fourth-order valence-corrected chi connectivity index (χ4v) is 4.40. The van der Waals surface area contributed by atoms with Crippen LogP contribution in [0.3, 0.4) is 0 Å². The summed E-state index contributed by atoms with van der Waals surface area (Å²) >= 11 is 0. The molecule has 2 amide bonds. The Balaban J connectivity index is 1.49. The maximum absolute atomic E-state index is 13.6. The number of ether oxygens (including phenoxy) is 1. The van der Waals surface area contributed by atoms with Crippen molar-refractivity contribution in [3.05, 3.63) is 77.4 Å². The minimum atomic E-state index is -1.63. The lowest BCUT2D eigenvalue weighted by molar-refractivity contribution is -0.123. The number of nitrogens with zero attached hydrogens (tertiary/aromatic N) is 3. The van der Waals surface area contributed by atoms with Crippen molar-refractivity contribution in [2.24, 2.45) is 12.8 Å². The number of rotatable bonds is 6. The van der Waals surface area contributed by atoms with Gasteiger partial charge in [0.2, 0.25) is 5.91 Å². The largest absolute Gasteiger partial charge is 0.489 e.